The van der Waals surface area contributed by atoms with E-state index >= 15 is 0 Å². The van der Waals surface area contributed by atoms with Crippen LogP contribution in [-0.2, 0) is 9.53 Å². The van der Waals surface area contributed by atoms with Gasteiger partial charge in [-0.1, -0.05) is 60.7 Å². The van der Waals surface area contributed by atoms with Crippen molar-refractivity contribution in [3.8, 4) is 0 Å². The molecule has 6 nitrogen and oxygen atoms in total. The Balaban J connectivity index is 1.55. The highest BCUT2D eigenvalue weighted by Crippen LogP contribution is 2.20. The van der Waals surface area contributed by atoms with Crippen molar-refractivity contribution in [2.24, 2.45) is 0 Å². The number of hydrogen-bond donors (Lipinski definition) is 2. The van der Waals surface area contributed by atoms with Crippen molar-refractivity contribution in [1.29, 1.82) is 0 Å². The minimum atomic E-state index is -0.319. The second-order valence-corrected chi connectivity index (χ2v) is 7.66. The van der Waals surface area contributed by atoms with Crippen LogP contribution < -0.4 is 10.6 Å². The third-order valence-corrected chi connectivity index (χ3v) is 5.47. The minimum absolute atomic E-state index is 0.220. The van der Waals surface area contributed by atoms with Crippen molar-refractivity contribution in [1.82, 2.24) is 15.5 Å². The average molecular weight is 430 g/mol. The third-order valence-electron chi connectivity index (χ3n) is 5.47. The van der Waals surface area contributed by atoms with Gasteiger partial charge in [-0.2, -0.15) is 0 Å². The zero-order chi connectivity index (χ0) is 22.2. The first-order valence-electron chi connectivity index (χ1n) is 10.8. The topological polar surface area (TPSA) is 70.7 Å². The Labute approximate surface area is 187 Å². The van der Waals surface area contributed by atoms with E-state index < -0.39 is 0 Å². The molecular formula is C26H27N3O3. The molecule has 32 heavy (non-hydrogen) atoms. The first-order chi connectivity index (χ1) is 15.7. The van der Waals surface area contributed by atoms with Crippen LogP contribution in [0.3, 0.4) is 0 Å². The number of benzene rings is 3. The number of morpholine rings is 1. The molecule has 0 saturated carbocycles. The first-order valence-corrected chi connectivity index (χ1v) is 10.8. The van der Waals surface area contributed by atoms with Gasteiger partial charge in [-0.3, -0.25) is 14.5 Å². The Bertz CT molecular complexity index is 1100. The summed E-state index contributed by atoms with van der Waals surface area (Å²) >= 11 is 0. The largest absolute Gasteiger partial charge is 0.379 e. The molecule has 4 rings (SSSR count). The Hall–Kier alpha value is -3.48. The van der Waals surface area contributed by atoms with E-state index in [0.717, 1.165) is 36.0 Å². The number of carbonyl (C=O) groups excluding carboxylic acids is 2. The molecule has 164 valence electrons. The van der Waals surface area contributed by atoms with E-state index in [1.807, 2.05) is 48.5 Å². The van der Waals surface area contributed by atoms with Gasteiger partial charge >= 0.3 is 0 Å². The summed E-state index contributed by atoms with van der Waals surface area (Å²) in [7, 11) is 0. The maximum Gasteiger partial charge on any atom is 0.267 e. The predicted octanol–water partition coefficient (Wildman–Crippen LogP) is 3.06. The molecule has 0 aliphatic carbocycles. The molecule has 1 aliphatic heterocycles. The normalized spacial score (nSPS) is 14.8. The molecule has 0 spiro atoms. The molecule has 0 bridgehead atoms. The van der Waals surface area contributed by atoms with Crippen LogP contribution in [0.15, 0.2) is 78.5 Å². The van der Waals surface area contributed by atoms with Crippen LogP contribution in [0.25, 0.3) is 16.8 Å². The third kappa shape index (κ3) is 5.60. The lowest BCUT2D eigenvalue weighted by Gasteiger charge is -2.26. The number of nitrogens with one attached hydrogen (secondary N) is 2. The van der Waals surface area contributed by atoms with E-state index in [-0.39, 0.29) is 17.5 Å². The second kappa shape index (κ2) is 10.7. The zero-order valence-corrected chi connectivity index (χ0v) is 17.9. The SMILES string of the molecule is O=C(NCCN1CCOCC1)C(=Cc1cccc2ccccc12)NC(=O)c1ccccc1. The summed E-state index contributed by atoms with van der Waals surface area (Å²) in [4.78, 5) is 28.1. The van der Waals surface area contributed by atoms with Gasteiger partial charge in [-0.05, 0) is 34.5 Å². The quantitative estimate of drug-likeness (QED) is 0.567. The highest BCUT2D eigenvalue weighted by Gasteiger charge is 2.16. The Morgan fingerprint density at radius 3 is 2.44 bits per heavy atom. The smallest absolute Gasteiger partial charge is 0.267 e. The standard InChI is InChI=1S/C26H27N3O3/c30-25(21-8-2-1-3-9-21)28-24(26(31)27-13-14-29-15-17-32-18-16-29)19-22-11-6-10-20-7-4-5-12-23(20)22/h1-12,19H,13-18H2,(H,27,31)(H,28,30). The number of hydrogen-bond acceptors (Lipinski definition) is 4. The number of rotatable bonds is 7. The highest BCUT2D eigenvalue weighted by atomic mass is 16.5. The number of fused-ring (bicyclic) bond motifs is 1. The molecule has 0 radical (unpaired) electrons. The number of amides is 2. The molecule has 0 atom stereocenters. The lowest BCUT2D eigenvalue weighted by molar-refractivity contribution is -0.117. The lowest BCUT2D eigenvalue weighted by atomic mass is 10.0. The zero-order valence-electron chi connectivity index (χ0n) is 17.9. The van der Waals surface area contributed by atoms with Gasteiger partial charge in [0.05, 0.1) is 13.2 Å². The molecule has 0 aromatic heterocycles. The van der Waals surface area contributed by atoms with Gasteiger partial charge in [-0.15, -0.1) is 0 Å². The van der Waals surface area contributed by atoms with Gasteiger partial charge in [-0.25, -0.2) is 0 Å². The molecule has 1 aliphatic rings. The minimum Gasteiger partial charge on any atom is -0.379 e. The van der Waals surface area contributed by atoms with Gasteiger partial charge < -0.3 is 15.4 Å². The highest BCUT2D eigenvalue weighted by molar-refractivity contribution is 6.06. The molecule has 2 N–H and O–H groups in total. The van der Waals surface area contributed by atoms with Crippen molar-refractivity contribution in [2.75, 3.05) is 39.4 Å². The molecule has 2 amide bonds. The number of nitrogens with zero attached hydrogens (tertiary/aromatic N) is 1. The van der Waals surface area contributed by atoms with Gasteiger partial charge in [0, 0.05) is 31.7 Å². The van der Waals surface area contributed by atoms with Crippen LogP contribution in [0.2, 0.25) is 0 Å². The van der Waals surface area contributed by atoms with Crippen LogP contribution in [0, 0.1) is 0 Å². The molecule has 1 heterocycles. The fraction of sp³-hybridized carbons (Fsp3) is 0.231. The summed E-state index contributed by atoms with van der Waals surface area (Å²) in [6, 6.07) is 22.8. The Morgan fingerprint density at radius 2 is 1.62 bits per heavy atom. The Kier molecular flexibility index (Phi) is 7.27. The van der Waals surface area contributed by atoms with E-state index in [1.54, 1.807) is 30.3 Å². The fourth-order valence-electron chi connectivity index (χ4n) is 3.72. The van der Waals surface area contributed by atoms with Gasteiger partial charge in [0.25, 0.3) is 11.8 Å². The van der Waals surface area contributed by atoms with E-state index in [9.17, 15) is 9.59 Å². The predicted molar refractivity (Wildman–Crippen MR) is 126 cm³/mol. The van der Waals surface area contributed by atoms with Crippen LogP contribution >= 0.6 is 0 Å². The van der Waals surface area contributed by atoms with Crippen molar-refractivity contribution >= 4 is 28.7 Å². The van der Waals surface area contributed by atoms with Crippen molar-refractivity contribution in [3.05, 3.63) is 89.6 Å². The van der Waals surface area contributed by atoms with Gasteiger partial charge in [0.2, 0.25) is 0 Å². The number of ether oxygens (including phenoxy) is 1. The number of carbonyl (C=O) groups is 2. The average Bonchev–Trinajstić information content (AvgIpc) is 2.85. The fourth-order valence-corrected chi connectivity index (χ4v) is 3.72. The molecule has 6 heteroatoms. The van der Waals surface area contributed by atoms with Crippen LogP contribution in [0.5, 0.6) is 0 Å². The van der Waals surface area contributed by atoms with E-state index in [2.05, 4.69) is 15.5 Å². The molecule has 0 unspecified atom stereocenters. The van der Waals surface area contributed by atoms with Crippen molar-refractivity contribution < 1.29 is 14.3 Å². The van der Waals surface area contributed by atoms with E-state index in [4.69, 9.17) is 4.74 Å². The van der Waals surface area contributed by atoms with Gasteiger partial charge in [0.15, 0.2) is 0 Å². The first kappa shape index (κ1) is 21.7. The Morgan fingerprint density at radius 1 is 0.906 bits per heavy atom. The van der Waals surface area contributed by atoms with Crippen LogP contribution in [0.1, 0.15) is 15.9 Å². The second-order valence-electron chi connectivity index (χ2n) is 7.66. The van der Waals surface area contributed by atoms with Crippen LogP contribution in [-0.4, -0.2) is 56.1 Å². The summed E-state index contributed by atoms with van der Waals surface area (Å²) in [5, 5.41) is 7.85. The van der Waals surface area contributed by atoms with Gasteiger partial charge in [0.1, 0.15) is 5.70 Å². The summed E-state index contributed by atoms with van der Waals surface area (Å²) < 4.78 is 5.37. The van der Waals surface area contributed by atoms with Crippen molar-refractivity contribution in [2.45, 2.75) is 0 Å². The molecule has 1 fully saturated rings. The molecule has 3 aromatic rings. The summed E-state index contributed by atoms with van der Waals surface area (Å²) in [5.74, 6) is -0.629. The van der Waals surface area contributed by atoms with E-state index in [1.165, 1.54) is 0 Å². The molecule has 3 aromatic carbocycles. The summed E-state index contributed by atoms with van der Waals surface area (Å²) in [6.07, 6.45) is 1.74. The summed E-state index contributed by atoms with van der Waals surface area (Å²) in [6.45, 7) is 4.38. The maximum atomic E-state index is 13.1. The maximum absolute atomic E-state index is 13.1. The van der Waals surface area contributed by atoms with Crippen molar-refractivity contribution in [3.63, 3.8) is 0 Å². The monoisotopic (exact) mass is 429 g/mol. The molecule has 1 saturated heterocycles. The van der Waals surface area contributed by atoms with E-state index in [0.29, 0.717) is 25.3 Å². The summed E-state index contributed by atoms with van der Waals surface area (Å²) in [5.41, 5.74) is 1.59. The lowest BCUT2D eigenvalue weighted by Crippen LogP contribution is -2.42. The molecular weight excluding hydrogens is 402 g/mol. The van der Waals surface area contributed by atoms with Crippen LogP contribution in [0.4, 0.5) is 0 Å².